The van der Waals surface area contributed by atoms with Crippen molar-refractivity contribution >= 4 is 45.3 Å². The molecule has 41 heavy (non-hydrogen) atoms. The number of H-pyrrole nitrogens is 2. The van der Waals surface area contributed by atoms with E-state index in [1.807, 2.05) is 64.1 Å². The number of aromatic nitrogens is 6. The Morgan fingerprint density at radius 1 is 1.10 bits per heavy atom. The molecule has 0 aromatic carbocycles. The van der Waals surface area contributed by atoms with E-state index in [2.05, 4.69) is 32.1 Å². The largest absolute Gasteiger partial charge is 0.340 e. The molecule has 0 saturated heterocycles. The Balaban J connectivity index is 1.49. The molecule has 0 aliphatic carbocycles. The molecule has 0 radical (unpaired) electrons. The van der Waals surface area contributed by atoms with Gasteiger partial charge in [-0.05, 0) is 49.6 Å². The zero-order chi connectivity index (χ0) is 29.3. The van der Waals surface area contributed by atoms with Gasteiger partial charge in [-0.3, -0.25) is 19.7 Å². The quantitative estimate of drug-likeness (QED) is 0.138. The molecule has 0 spiro atoms. The molecule has 0 atom stereocenters. The number of anilines is 1. The third kappa shape index (κ3) is 6.07. The van der Waals surface area contributed by atoms with Crippen LogP contribution in [0.5, 0.6) is 0 Å². The highest BCUT2D eigenvalue weighted by atomic mass is 32.1. The molecule has 0 unspecified atom stereocenters. The number of Topliss-reactive ketones (excluding diaryl/α,β-unsaturated/α-hetero) is 1. The summed E-state index contributed by atoms with van der Waals surface area (Å²) in [6.07, 6.45) is 7.34. The van der Waals surface area contributed by atoms with E-state index in [1.54, 1.807) is 25.4 Å². The number of carbonyl (C=O) groups excluding carboxylic acids is 2. The van der Waals surface area contributed by atoms with E-state index in [1.165, 1.54) is 11.3 Å². The maximum Gasteiger partial charge on any atom is 0.224 e. The lowest BCUT2D eigenvalue weighted by molar-refractivity contribution is -0.117. The molecule has 3 N–H and O–H groups in total. The Morgan fingerprint density at radius 3 is 2.59 bits per heavy atom. The number of amides is 1. The average molecular weight is 566 g/mol. The van der Waals surface area contributed by atoms with Gasteiger partial charge in [-0.1, -0.05) is 39.5 Å². The van der Waals surface area contributed by atoms with Crippen LogP contribution in [0, 0.1) is 12.3 Å². The second-order valence-electron chi connectivity index (χ2n) is 11.0. The van der Waals surface area contributed by atoms with Crippen LogP contribution in [-0.4, -0.2) is 41.8 Å². The predicted octanol–water partition coefficient (Wildman–Crippen LogP) is 6.97. The second kappa shape index (κ2) is 11.1. The highest BCUT2D eigenvalue weighted by Gasteiger charge is 2.21. The summed E-state index contributed by atoms with van der Waals surface area (Å²) in [7, 11) is 0. The van der Waals surface area contributed by atoms with Crippen molar-refractivity contribution in [2.24, 2.45) is 5.41 Å². The van der Waals surface area contributed by atoms with Crippen molar-refractivity contribution in [2.45, 2.75) is 41.0 Å². The van der Waals surface area contributed by atoms with Crippen molar-refractivity contribution < 1.29 is 9.59 Å². The number of hydrogen-bond acceptors (Lipinski definition) is 7. The molecule has 10 heteroatoms. The average Bonchev–Trinajstić information content (AvgIpc) is 3.64. The van der Waals surface area contributed by atoms with E-state index < -0.39 is 0 Å². The van der Waals surface area contributed by atoms with Gasteiger partial charge in [-0.25, -0.2) is 9.97 Å². The Hall–Kier alpha value is -4.70. The zero-order valence-electron chi connectivity index (χ0n) is 23.6. The summed E-state index contributed by atoms with van der Waals surface area (Å²) in [4.78, 5) is 43.4. The smallest absolute Gasteiger partial charge is 0.224 e. The Labute approximate surface area is 241 Å². The van der Waals surface area contributed by atoms with Gasteiger partial charge in [-0.15, -0.1) is 11.3 Å². The fraction of sp³-hybridized carbons (Fsp3) is 0.226. The summed E-state index contributed by atoms with van der Waals surface area (Å²) in [6, 6.07) is 9.41. The zero-order valence-corrected chi connectivity index (χ0v) is 24.4. The SMILES string of the molecule is C=C/C=C(/c1ccc(C(C)=O)s1)c1nc(-c2n[nH]c3ccc(-c4cncc(NC(=O)CC(C)(C)C)c4)nc23)[nH]c1C. The van der Waals surface area contributed by atoms with Crippen LogP contribution in [0.15, 0.2) is 61.5 Å². The Morgan fingerprint density at radius 2 is 1.88 bits per heavy atom. The first-order valence-electron chi connectivity index (χ1n) is 13.1. The second-order valence-corrected chi connectivity index (χ2v) is 12.1. The fourth-order valence-electron chi connectivity index (χ4n) is 4.46. The molecule has 0 aliphatic heterocycles. The third-order valence-electron chi connectivity index (χ3n) is 6.28. The minimum Gasteiger partial charge on any atom is -0.340 e. The van der Waals surface area contributed by atoms with Crippen LogP contribution in [0.4, 0.5) is 5.69 Å². The van der Waals surface area contributed by atoms with Crippen LogP contribution in [0.1, 0.15) is 60.1 Å². The Bertz CT molecular complexity index is 1820. The lowest BCUT2D eigenvalue weighted by Crippen LogP contribution is -2.19. The summed E-state index contributed by atoms with van der Waals surface area (Å²) < 4.78 is 0. The summed E-state index contributed by atoms with van der Waals surface area (Å²) in [5.41, 5.74) is 6.38. The van der Waals surface area contributed by atoms with Crippen LogP contribution in [0.25, 0.3) is 39.4 Å². The lowest BCUT2D eigenvalue weighted by Gasteiger charge is -2.17. The van der Waals surface area contributed by atoms with E-state index in [4.69, 9.17) is 9.97 Å². The number of imidazole rings is 1. The number of nitrogens with zero attached hydrogens (tertiary/aromatic N) is 4. The molecule has 0 aliphatic rings. The van der Waals surface area contributed by atoms with Gasteiger partial charge in [0.25, 0.3) is 0 Å². The summed E-state index contributed by atoms with van der Waals surface area (Å²) in [5, 5.41) is 10.5. The van der Waals surface area contributed by atoms with Gasteiger partial charge in [0.2, 0.25) is 5.91 Å². The molecule has 1 amide bonds. The lowest BCUT2D eigenvalue weighted by atomic mass is 9.92. The molecule has 0 bridgehead atoms. The first-order chi connectivity index (χ1) is 19.5. The van der Waals surface area contributed by atoms with Crippen molar-refractivity contribution in [2.75, 3.05) is 5.32 Å². The molecule has 9 nitrogen and oxygen atoms in total. The fourth-order valence-corrected chi connectivity index (χ4v) is 5.39. The van der Waals surface area contributed by atoms with Crippen LogP contribution in [0.2, 0.25) is 0 Å². The number of rotatable bonds is 8. The van der Waals surface area contributed by atoms with E-state index in [0.717, 1.165) is 32.9 Å². The van der Waals surface area contributed by atoms with Gasteiger partial charge in [0.05, 0.1) is 33.7 Å². The first-order valence-corrected chi connectivity index (χ1v) is 14.0. The molecular weight excluding hydrogens is 534 g/mol. The van der Waals surface area contributed by atoms with Crippen LogP contribution in [0.3, 0.4) is 0 Å². The summed E-state index contributed by atoms with van der Waals surface area (Å²) >= 11 is 1.42. The summed E-state index contributed by atoms with van der Waals surface area (Å²) in [6.45, 7) is 13.4. The van der Waals surface area contributed by atoms with E-state index in [-0.39, 0.29) is 17.1 Å². The minimum atomic E-state index is -0.118. The number of pyridine rings is 2. The standard InChI is InChI=1S/C31H31N7O2S/c1-7-8-21(25-12-11-24(41-25)18(3)39)27-17(2)33-30(36-27)29-28-23(37-38-29)10-9-22(35-28)19-13-20(16-32-15-19)34-26(40)14-31(4,5)6/h7-13,15-16H,1,14H2,2-6H3,(H,33,36)(H,34,40)(H,37,38)/b21-8-. The third-order valence-corrected chi connectivity index (χ3v) is 7.50. The van der Waals surface area contributed by atoms with Crippen molar-refractivity contribution in [1.82, 2.24) is 30.1 Å². The molecule has 5 aromatic heterocycles. The topological polar surface area (TPSA) is 129 Å². The van der Waals surface area contributed by atoms with E-state index in [9.17, 15) is 9.59 Å². The number of aryl methyl sites for hydroxylation is 1. The van der Waals surface area contributed by atoms with Gasteiger partial charge >= 0.3 is 0 Å². The number of fused-ring (bicyclic) bond motifs is 1. The van der Waals surface area contributed by atoms with Crippen LogP contribution >= 0.6 is 11.3 Å². The predicted molar refractivity (Wildman–Crippen MR) is 164 cm³/mol. The van der Waals surface area contributed by atoms with Gasteiger partial charge in [0.1, 0.15) is 5.52 Å². The van der Waals surface area contributed by atoms with Gasteiger partial charge in [-0.2, -0.15) is 5.10 Å². The van der Waals surface area contributed by atoms with Crippen molar-refractivity contribution in [1.29, 1.82) is 0 Å². The molecule has 0 fully saturated rings. The van der Waals surface area contributed by atoms with Gasteiger partial charge in [0, 0.05) is 34.3 Å². The number of allylic oxidation sites excluding steroid dienone is 2. The number of ketones is 1. The van der Waals surface area contributed by atoms with Crippen molar-refractivity contribution in [3.05, 3.63) is 82.6 Å². The number of aromatic amines is 2. The highest BCUT2D eigenvalue weighted by molar-refractivity contribution is 7.15. The van der Waals surface area contributed by atoms with Gasteiger partial charge < -0.3 is 10.3 Å². The molecule has 208 valence electrons. The monoisotopic (exact) mass is 565 g/mol. The molecular formula is C31H31N7O2S. The van der Waals surface area contributed by atoms with Crippen molar-refractivity contribution in [3.63, 3.8) is 0 Å². The molecule has 5 heterocycles. The van der Waals surface area contributed by atoms with E-state index >= 15 is 0 Å². The maximum atomic E-state index is 12.5. The highest BCUT2D eigenvalue weighted by Crippen LogP contribution is 2.34. The minimum absolute atomic E-state index is 0.0246. The summed E-state index contributed by atoms with van der Waals surface area (Å²) in [5.74, 6) is 0.524. The first kappa shape index (κ1) is 27.9. The molecule has 5 rings (SSSR count). The van der Waals surface area contributed by atoms with Crippen molar-refractivity contribution in [3.8, 4) is 22.8 Å². The number of nitrogens with one attached hydrogen (secondary N) is 3. The Kier molecular flexibility index (Phi) is 7.51. The van der Waals surface area contributed by atoms with E-state index in [0.29, 0.717) is 39.7 Å². The van der Waals surface area contributed by atoms with Crippen LogP contribution < -0.4 is 5.32 Å². The molecule has 0 saturated carbocycles. The van der Waals surface area contributed by atoms with Crippen LogP contribution in [-0.2, 0) is 4.79 Å². The molecule has 5 aromatic rings. The number of hydrogen-bond donors (Lipinski definition) is 3. The normalized spacial score (nSPS) is 12.1. The van der Waals surface area contributed by atoms with Gasteiger partial charge in [0.15, 0.2) is 17.3 Å². The maximum absolute atomic E-state index is 12.5. The number of thiophene rings is 1. The number of carbonyl (C=O) groups is 2.